The van der Waals surface area contributed by atoms with Crippen molar-refractivity contribution in [1.82, 2.24) is 10.6 Å². The summed E-state index contributed by atoms with van der Waals surface area (Å²) in [7, 11) is 1.57. The van der Waals surface area contributed by atoms with Crippen LogP contribution in [-0.4, -0.2) is 32.0 Å². The molecule has 0 spiro atoms. The number of benzene rings is 1. The van der Waals surface area contributed by atoms with E-state index in [0.29, 0.717) is 23.6 Å². The average Bonchev–Trinajstić information content (AvgIpc) is 2.91. The molecule has 1 aliphatic heterocycles. The molecule has 1 fully saturated rings. The van der Waals surface area contributed by atoms with E-state index in [-0.39, 0.29) is 24.2 Å². The first kappa shape index (κ1) is 16.5. The Balaban J connectivity index is 0.00000200. The highest BCUT2D eigenvalue weighted by molar-refractivity contribution is 6.03. The molecular weight excluding hydrogens is 278 g/mol. The lowest BCUT2D eigenvalue weighted by Crippen LogP contribution is -2.23. The monoisotopic (exact) mass is 297 g/mol. The fraction of sp³-hybridized carbons (Fsp3) is 0.429. The van der Waals surface area contributed by atoms with Gasteiger partial charge in [-0.25, -0.2) is 0 Å². The van der Waals surface area contributed by atoms with Gasteiger partial charge in [0, 0.05) is 13.5 Å². The van der Waals surface area contributed by atoms with Crippen LogP contribution in [-0.2, 0) is 4.79 Å². The van der Waals surface area contributed by atoms with Crippen LogP contribution in [0.5, 0.6) is 0 Å². The van der Waals surface area contributed by atoms with Gasteiger partial charge in [0.25, 0.3) is 5.91 Å². The predicted octanol–water partition coefficient (Wildman–Crippen LogP) is 1.41. The maximum absolute atomic E-state index is 12.0. The number of para-hydroxylation sites is 1. The van der Waals surface area contributed by atoms with E-state index >= 15 is 0 Å². The number of amides is 2. The van der Waals surface area contributed by atoms with Crippen molar-refractivity contribution in [2.45, 2.75) is 12.8 Å². The number of halogens is 1. The van der Waals surface area contributed by atoms with Gasteiger partial charge < -0.3 is 16.0 Å². The maximum Gasteiger partial charge on any atom is 0.253 e. The van der Waals surface area contributed by atoms with Crippen LogP contribution >= 0.6 is 12.4 Å². The summed E-state index contributed by atoms with van der Waals surface area (Å²) in [6.07, 6.45) is 1.53. The second kappa shape index (κ2) is 7.87. The van der Waals surface area contributed by atoms with Crippen molar-refractivity contribution in [3.8, 4) is 0 Å². The molecule has 1 unspecified atom stereocenters. The minimum atomic E-state index is -0.196. The molecule has 0 saturated carbocycles. The number of carbonyl (C=O) groups excluding carboxylic acids is 2. The number of nitrogens with one attached hydrogen (secondary N) is 3. The van der Waals surface area contributed by atoms with E-state index < -0.39 is 0 Å². The number of hydrogen-bond acceptors (Lipinski definition) is 3. The minimum absolute atomic E-state index is 0. The van der Waals surface area contributed by atoms with E-state index in [1.165, 1.54) is 0 Å². The molecule has 1 heterocycles. The van der Waals surface area contributed by atoms with Crippen molar-refractivity contribution >= 4 is 29.9 Å². The molecule has 1 aromatic carbocycles. The molecule has 1 aromatic rings. The zero-order valence-corrected chi connectivity index (χ0v) is 12.3. The van der Waals surface area contributed by atoms with Gasteiger partial charge in [0.2, 0.25) is 5.91 Å². The summed E-state index contributed by atoms with van der Waals surface area (Å²) >= 11 is 0. The second-order valence-electron chi connectivity index (χ2n) is 4.74. The third-order valence-electron chi connectivity index (χ3n) is 3.31. The highest BCUT2D eigenvalue weighted by Gasteiger charge is 2.19. The molecule has 1 saturated heterocycles. The molecule has 1 aliphatic rings. The maximum atomic E-state index is 12.0. The van der Waals surface area contributed by atoms with Gasteiger partial charge in [-0.15, -0.1) is 12.4 Å². The molecule has 6 heteroatoms. The first-order valence-corrected chi connectivity index (χ1v) is 6.52. The van der Waals surface area contributed by atoms with E-state index in [4.69, 9.17) is 0 Å². The number of anilines is 1. The van der Waals surface area contributed by atoms with Crippen LogP contribution in [0, 0.1) is 5.92 Å². The van der Waals surface area contributed by atoms with E-state index in [2.05, 4.69) is 16.0 Å². The van der Waals surface area contributed by atoms with Crippen LogP contribution in [0.25, 0.3) is 0 Å². The van der Waals surface area contributed by atoms with Crippen molar-refractivity contribution in [1.29, 1.82) is 0 Å². The van der Waals surface area contributed by atoms with E-state index in [1.54, 1.807) is 31.3 Å². The Morgan fingerprint density at radius 3 is 2.75 bits per heavy atom. The largest absolute Gasteiger partial charge is 0.355 e. The molecule has 110 valence electrons. The summed E-state index contributed by atoms with van der Waals surface area (Å²) in [4.78, 5) is 23.6. The van der Waals surface area contributed by atoms with Gasteiger partial charge in [0.15, 0.2) is 0 Å². The van der Waals surface area contributed by atoms with Crippen molar-refractivity contribution in [2.75, 3.05) is 25.5 Å². The number of carbonyl (C=O) groups is 2. The molecule has 0 radical (unpaired) electrons. The van der Waals surface area contributed by atoms with Crippen LogP contribution < -0.4 is 16.0 Å². The summed E-state index contributed by atoms with van der Waals surface area (Å²) in [6, 6.07) is 7.03. The summed E-state index contributed by atoms with van der Waals surface area (Å²) in [5, 5.41) is 8.63. The summed E-state index contributed by atoms with van der Waals surface area (Å²) in [6.45, 7) is 1.87. The van der Waals surface area contributed by atoms with Gasteiger partial charge in [0.05, 0.1) is 11.3 Å². The lowest BCUT2D eigenvalue weighted by Gasteiger charge is -2.12. The smallest absolute Gasteiger partial charge is 0.253 e. The standard InChI is InChI=1S/C14H19N3O2.ClH/c1-15-14(19)11-4-2-3-5-12(11)17-13(18)8-10-6-7-16-9-10;/h2-5,10,16H,6-9H2,1H3,(H,15,19)(H,17,18);1H. The van der Waals surface area contributed by atoms with Gasteiger partial charge in [-0.3, -0.25) is 9.59 Å². The molecule has 3 N–H and O–H groups in total. The van der Waals surface area contributed by atoms with Gasteiger partial charge in [-0.05, 0) is 37.6 Å². The molecule has 2 amide bonds. The zero-order chi connectivity index (χ0) is 13.7. The number of rotatable bonds is 4. The first-order chi connectivity index (χ1) is 9.20. The van der Waals surface area contributed by atoms with Gasteiger partial charge in [-0.2, -0.15) is 0 Å². The molecule has 2 rings (SSSR count). The molecule has 0 bridgehead atoms. The third kappa shape index (κ3) is 4.21. The van der Waals surface area contributed by atoms with Crippen LogP contribution in [0.15, 0.2) is 24.3 Å². The zero-order valence-electron chi connectivity index (χ0n) is 11.4. The van der Waals surface area contributed by atoms with Crippen molar-refractivity contribution < 1.29 is 9.59 Å². The normalized spacial score (nSPS) is 17.1. The summed E-state index contributed by atoms with van der Waals surface area (Å²) in [5.41, 5.74) is 1.06. The fourth-order valence-electron chi connectivity index (χ4n) is 2.28. The predicted molar refractivity (Wildman–Crippen MR) is 81.3 cm³/mol. The molecule has 0 aliphatic carbocycles. The third-order valence-corrected chi connectivity index (χ3v) is 3.31. The fourth-order valence-corrected chi connectivity index (χ4v) is 2.28. The molecule has 20 heavy (non-hydrogen) atoms. The van der Waals surface area contributed by atoms with Crippen LogP contribution in [0.3, 0.4) is 0 Å². The lowest BCUT2D eigenvalue weighted by molar-refractivity contribution is -0.116. The Morgan fingerprint density at radius 2 is 2.10 bits per heavy atom. The Bertz CT molecular complexity index is 473. The highest BCUT2D eigenvalue weighted by Crippen LogP contribution is 2.17. The Labute approximate surface area is 124 Å². The van der Waals surface area contributed by atoms with E-state index in [0.717, 1.165) is 19.5 Å². The van der Waals surface area contributed by atoms with Crippen LogP contribution in [0.2, 0.25) is 0 Å². The first-order valence-electron chi connectivity index (χ1n) is 6.52. The van der Waals surface area contributed by atoms with E-state index in [1.807, 2.05) is 0 Å². The van der Waals surface area contributed by atoms with Crippen LogP contribution in [0.4, 0.5) is 5.69 Å². The number of hydrogen-bond donors (Lipinski definition) is 3. The van der Waals surface area contributed by atoms with Crippen LogP contribution in [0.1, 0.15) is 23.2 Å². The minimum Gasteiger partial charge on any atom is -0.355 e. The average molecular weight is 298 g/mol. The van der Waals surface area contributed by atoms with Crippen molar-refractivity contribution in [3.05, 3.63) is 29.8 Å². The van der Waals surface area contributed by atoms with E-state index in [9.17, 15) is 9.59 Å². The Morgan fingerprint density at radius 1 is 1.35 bits per heavy atom. The topological polar surface area (TPSA) is 70.2 Å². The lowest BCUT2D eigenvalue weighted by atomic mass is 10.0. The summed E-state index contributed by atoms with van der Waals surface area (Å²) < 4.78 is 0. The highest BCUT2D eigenvalue weighted by atomic mass is 35.5. The second-order valence-corrected chi connectivity index (χ2v) is 4.74. The quantitative estimate of drug-likeness (QED) is 0.787. The molecule has 5 nitrogen and oxygen atoms in total. The summed E-state index contributed by atoms with van der Waals surface area (Å²) in [5.74, 6) is 0.163. The molecule has 1 atom stereocenters. The molecule has 0 aromatic heterocycles. The Kier molecular flexibility index (Phi) is 6.48. The van der Waals surface area contributed by atoms with Gasteiger partial charge >= 0.3 is 0 Å². The van der Waals surface area contributed by atoms with Crippen molar-refractivity contribution in [2.24, 2.45) is 5.92 Å². The van der Waals surface area contributed by atoms with Gasteiger partial charge in [0.1, 0.15) is 0 Å². The molecular formula is C14H20ClN3O2. The van der Waals surface area contributed by atoms with Gasteiger partial charge in [-0.1, -0.05) is 12.1 Å². The Hall–Kier alpha value is -1.59. The SMILES string of the molecule is CNC(=O)c1ccccc1NC(=O)CC1CCNC1.Cl. The van der Waals surface area contributed by atoms with Crippen molar-refractivity contribution in [3.63, 3.8) is 0 Å².